The molecule has 1 aromatic heterocycles. The van der Waals surface area contributed by atoms with Crippen molar-refractivity contribution in [1.29, 1.82) is 0 Å². The van der Waals surface area contributed by atoms with Gasteiger partial charge in [0.1, 0.15) is 0 Å². The molecule has 1 amide bonds. The molecule has 0 radical (unpaired) electrons. The molecule has 1 heterocycles. The second-order valence-corrected chi connectivity index (χ2v) is 10.1. The van der Waals surface area contributed by atoms with Gasteiger partial charge in [-0.05, 0) is 71.7 Å². The van der Waals surface area contributed by atoms with Gasteiger partial charge in [-0.25, -0.2) is 15.2 Å². The highest BCUT2D eigenvalue weighted by atomic mass is 79.9. The van der Waals surface area contributed by atoms with Crippen LogP contribution in [-0.4, -0.2) is 43.4 Å². The van der Waals surface area contributed by atoms with Crippen LogP contribution in [0.15, 0.2) is 75.6 Å². The Kier molecular flexibility index (Phi) is 9.87. The first kappa shape index (κ1) is 28.8. The molecule has 0 fully saturated rings. The van der Waals surface area contributed by atoms with Gasteiger partial charge in [0.25, 0.3) is 5.91 Å². The minimum atomic E-state index is -0.482. The van der Waals surface area contributed by atoms with E-state index in [1.54, 1.807) is 31.2 Å². The van der Waals surface area contributed by atoms with E-state index in [1.165, 1.54) is 30.2 Å². The Morgan fingerprint density at radius 2 is 1.85 bits per heavy atom. The molecule has 0 atom stereocenters. The first-order chi connectivity index (χ1) is 19.4. The van der Waals surface area contributed by atoms with Gasteiger partial charge in [-0.15, -0.1) is 11.3 Å². The van der Waals surface area contributed by atoms with Crippen molar-refractivity contribution in [2.45, 2.75) is 13.8 Å². The van der Waals surface area contributed by atoms with Crippen molar-refractivity contribution in [3.63, 3.8) is 0 Å². The van der Waals surface area contributed by atoms with Crippen molar-refractivity contribution in [3.05, 3.63) is 87.2 Å². The van der Waals surface area contributed by atoms with Gasteiger partial charge in [0.15, 0.2) is 23.2 Å². The van der Waals surface area contributed by atoms with Gasteiger partial charge in [-0.3, -0.25) is 4.79 Å². The van der Waals surface area contributed by atoms with E-state index in [4.69, 9.17) is 14.2 Å². The van der Waals surface area contributed by atoms with Crippen LogP contribution in [0.2, 0.25) is 0 Å². The summed E-state index contributed by atoms with van der Waals surface area (Å²) in [5.74, 6) is -0.0937. The van der Waals surface area contributed by atoms with Crippen LogP contribution in [0, 0.1) is 6.92 Å². The molecule has 11 heteroatoms. The zero-order valence-electron chi connectivity index (χ0n) is 22.1. The van der Waals surface area contributed by atoms with E-state index in [2.05, 4.69) is 36.8 Å². The molecule has 2 N–H and O–H groups in total. The number of carbonyl (C=O) groups excluding carboxylic acids is 2. The highest BCUT2D eigenvalue weighted by Gasteiger charge is 2.14. The number of hydrogen-bond donors (Lipinski definition) is 2. The Labute approximate surface area is 244 Å². The molecule has 4 rings (SSSR count). The van der Waals surface area contributed by atoms with Crippen molar-refractivity contribution in [3.8, 4) is 22.8 Å². The molecule has 0 unspecified atom stereocenters. The fourth-order valence-electron chi connectivity index (χ4n) is 3.53. The van der Waals surface area contributed by atoms with Crippen LogP contribution in [-0.2, 0) is 9.53 Å². The highest BCUT2D eigenvalue weighted by Crippen LogP contribution is 2.36. The predicted molar refractivity (Wildman–Crippen MR) is 160 cm³/mol. The maximum Gasteiger partial charge on any atom is 0.344 e. The first-order valence-electron chi connectivity index (χ1n) is 12.2. The number of benzene rings is 3. The molecule has 0 bridgehead atoms. The molecule has 206 valence electrons. The molecule has 0 aliphatic carbocycles. The number of aromatic nitrogens is 1. The summed E-state index contributed by atoms with van der Waals surface area (Å²) in [6, 6.07) is 18.7. The minimum absolute atomic E-state index is 0.251. The van der Waals surface area contributed by atoms with Gasteiger partial charge in [0.05, 0.1) is 30.1 Å². The van der Waals surface area contributed by atoms with Crippen molar-refractivity contribution < 1.29 is 23.8 Å². The molecule has 0 saturated carbocycles. The van der Waals surface area contributed by atoms with E-state index < -0.39 is 5.97 Å². The largest absolute Gasteiger partial charge is 0.493 e. The summed E-state index contributed by atoms with van der Waals surface area (Å²) in [6.07, 6.45) is 1.48. The van der Waals surface area contributed by atoms with Crippen LogP contribution >= 0.6 is 27.3 Å². The zero-order chi connectivity index (χ0) is 28.5. The number of hydrazone groups is 1. The first-order valence-corrected chi connectivity index (χ1v) is 13.9. The van der Waals surface area contributed by atoms with E-state index in [0.717, 1.165) is 22.1 Å². The molecule has 4 aromatic rings. The third kappa shape index (κ3) is 7.67. The number of halogens is 1. The summed E-state index contributed by atoms with van der Waals surface area (Å²) in [5.41, 5.74) is 7.51. The Bertz CT molecular complexity index is 1500. The summed E-state index contributed by atoms with van der Waals surface area (Å²) in [4.78, 5) is 28.9. The second-order valence-electron chi connectivity index (χ2n) is 8.43. The topological polar surface area (TPSA) is 111 Å². The predicted octanol–water partition coefficient (Wildman–Crippen LogP) is 6.34. The Morgan fingerprint density at radius 1 is 1.10 bits per heavy atom. The molecule has 40 heavy (non-hydrogen) atoms. The lowest BCUT2D eigenvalue weighted by atomic mass is 10.1. The average Bonchev–Trinajstić information content (AvgIpc) is 3.42. The van der Waals surface area contributed by atoms with Gasteiger partial charge >= 0.3 is 5.97 Å². The van der Waals surface area contributed by atoms with Crippen LogP contribution in [0.1, 0.15) is 28.4 Å². The third-order valence-electron chi connectivity index (χ3n) is 5.52. The fraction of sp³-hybridized carbons (Fsp3) is 0.172. The number of thiazole rings is 1. The van der Waals surface area contributed by atoms with Gasteiger partial charge in [0, 0.05) is 22.2 Å². The number of hydrogen-bond acceptors (Lipinski definition) is 9. The van der Waals surface area contributed by atoms with Crippen LogP contribution < -0.4 is 20.2 Å². The number of esters is 1. The Morgan fingerprint density at radius 3 is 2.55 bits per heavy atom. The molecule has 0 saturated heterocycles. The number of aryl methyl sites for hydroxylation is 1. The number of amides is 1. The number of rotatable bonds is 11. The summed E-state index contributed by atoms with van der Waals surface area (Å²) < 4.78 is 16.3. The second kappa shape index (κ2) is 13.7. The van der Waals surface area contributed by atoms with E-state index >= 15 is 0 Å². The normalized spacial score (nSPS) is 10.8. The van der Waals surface area contributed by atoms with Gasteiger partial charge in [-0.2, -0.15) is 5.10 Å². The number of nitrogens with zero attached hydrogens (tertiary/aromatic N) is 2. The molecule has 0 aliphatic rings. The number of anilines is 2. The van der Waals surface area contributed by atoms with E-state index in [-0.39, 0.29) is 19.1 Å². The van der Waals surface area contributed by atoms with Crippen molar-refractivity contribution >= 4 is 56.2 Å². The number of nitrogens with one attached hydrogen (secondary N) is 2. The maximum atomic E-state index is 12.6. The SMILES string of the molecule is CCOC(=O)COc1c(Br)cc(/C=N\NC(=O)c2ccc(-c3csc(Nc4ccc(C)cc4)n3)cc2)cc1OC. The Hall–Kier alpha value is -4.22. The van der Waals surface area contributed by atoms with Crippen LogP contribution in [0.5, 0.6) is 11.5 Å². The molecule has 3 aromatic carbocycles. The van der Waals surface area contributed by atoms with Crippen LogP contribution in [0.25, 0.3) is 11.3 Å². The lowest BCUT2D eigenvalue weighted by Gasteiger charge is -2.13. The minimum Gasteiger partial charge on any atom is -0.493 e. The van der Waals surface area contributed by atoms with Gasteiger partial charge < -0.3 is 19.5 Å². The van der Waals surface area contributed by atoms with Gasteiger partial charge in [0.2, 0.25) is 0 Å². The lowest BCUT2D eigenvalue weighted by molar-refractivity contribution is -0.145. The number of ether oxygens (including phenoxy) is 3. The third-order valence-corrected chi connectivity index (χ3v) is 6.87. The highest BCUT2D eigenvalue weighted by molar-refractivity contribution is 9.10. The monoisotopic (exact) mass is 622 g/mol. The van der Waals surface area contributed by atoms with Crippen molar-refractivity contribution in [1.82, 2.24) is 10.4 Å². The van der Waals surface area contributed by atoms with Crippen LogP contribution in [0.3, 0.4) is 0 Å². The summed E-state index contributed by atoms with van der Waals surface area (Å²) in [7, 11) is 1.48. The summed E-state index contributed by atoms with van der Waals surface area (Å²) >= 11 is 4.93. The molecule has 9 nitrogen and oxygen atoms in total. The average molecular weight is 624 g/mol. The molecular formula is C29H27BrN4O5S. The standard InChI is InChI=1S/C29H27BrN4O5S/c1-4-38-26(35)16-39-27-23(30)13-19(14-25(27)37-3)15-31-34-28(36)21-9-7-20(8-10-21)24-17-40-29(33-24)32-22-11-5-18(2)6-12-22/h5-15,17H,4,16H2,1-3H3,(H,32,33)(H,34,36)/b31-15-. The lowest BCUT2D eigenvalue weighted by Crippen LogP contribution is -2.17. The van der Waals surface area contributed by atoms with Crippen molar-refractivity contribution in [2.24, 2.45) is 5.10 Å². The zero-order valence-corrected chi connectivity index (χ0v) is 24.5. The maximum absolute atomic E-state index is 12.6. The number of carbonyl (C=O) groups is 2. The Balaban J connectivity index is 1.35. The molecular weight excluding hydrogens is 596 g/mol. The van der Waals surface area contributed by atoms with Gasteiger partial charge in [-0.1, -0.05) is 29.8 Å². The van der Waals surface area contributed by atoms with E-state index in [0.29, 0.717) is 27.1 Å². The molecule has 0 spiro atoms. The quantitative estimate of drug-likeness (QED) is 0.114. The van der Waals surface area contributed by atoms with E-state index in [9.17, 15) is 9.59 Å². The number of methoxy groups -OCH3 is 1. The van der Waals surface area contributed by atoms with Crippen molar-refractivity contribution in [2.75, 3.05) is 25.6 Å². The fourth-order valence-corrected chi connectivity index (χ4v) is 4.85. The molecule has 0 aliphatic heterocycles. The van der Waals surface area contributed by atoms with E-state index in [1.807, 2.05) is 48.7 Å². The summed E-state index contributed by atoms with van der Waals surface area (Å²) in [6.45, 7) is 3.79. The summed E-state index contributed by atoms with van der Waals surface area (Å²) in [5, 5.41) is 10.1. The smallest absolute Gasteiger partial charge is 0.344 e. The van der Waals surface area contributed by atoms with Crippen LogP contribution in [0.4, 0.5) is 10.8 Å².